The molecule has 0 aromatic heterocycles. The zero-order valence-electron chi connectivity index (χ0n) is 8.34. The van der Waals surface area contributed by atoms with Crippen LogP contribution in [0.25, 0.3) is 0 Å². The van der Waals surface area contributed by atoms with Crippen molar-refractivity contribution in [2.45, 2.75) is 20.3 Å². The van der Waals surface area contributed by atoms with Crippen molar-refractivity contribution in [3.8, 4) is 5.75 Å². The van der Waals surface area contributed by atoms with Gasteiger partial charge in [-0.1, -0.05) is 19.1 Å². The summed E-state index contributed by atoms with van der Waals surface area (Å²) in [6, 6.07) is 4.87. The molecule has 1 aromatic carbocycles. The van der Waals surface area contributed by atoms with Crippen LogP contribution in [0.3, 0.4) is 0 Å². The number of rotatable bonds is 4. The number of aryl methyl sites for hydroxylation is 1. The van der Waals surface area contributed by atoms with E-state index in [2.05, 4.69) is 0 Å². The van der Waals surface area contributed by atoms with Gasteiger partial charge < -0.3 is 4.74 Å². The van der Waals surface area contributed by atoms with Crippen molar-refractivity contribution in [1.82, 2.24) is 0 Å². The lowest BCUT2D eigenvalue weighted by molar-refractivity contribution is -0.120. The van der Waals surface area contributed by atoms with Gasteiger partial charge in [0, 0.05) is 6.42 Å². The van der Waals surface area contributed by atoms with Crippen LogP contribution in [0.15, 0.2) is 18.2 Å². The quantitative estimate of drug-likeness (QED) is 0.739. The van der Waals surface area contributed by atoms with E-state index in [1.54, 1.807) is 26.0 Å². The molecular weight excluding hydrogens is 183 g/mol. The Morgan fingerprint density at radius 2 is 2.21 bits per heavy atom. The van der Waals surface area contributed by atoms with Crippen LogP contribution in [-0.4, -0.2) is 12.4 Å². The van der Waals surface area contributed by atoms with Gasteiger partial charge in [-0.2, -0.15) is 0 Å². The van der Waals surface area contributed by atoms with E-state index >= 15 is 0 Å². The van der Waals surface area contributed by atoms with Crippen molar-refractivity contribution in [3.63, 3.8) is 0 Å². The molecule has 0 saturated carbocycles. The second-order valence-electron chi connectivity index (χ2n) is 3.07. The van der Waals surface area contributed by atoms with E-state index in [1.807, 2.05) is 0 Å². The Labute approximate surface area is 82.7 Å². The van der Waals surface area contributed by atoms with Crippen molar-refractivity contribution in [2.75, 3.05) is 6.61 Å². The monoisotopic (exact) mass is 196 g/mol. The summed E-state index contributed by atoms with van der Waals surface area (Å²) in [5, 5.41) is 0. The van der Waals surface area contributed by atoms with E-state index in [0.29, 0.717) is 12.0 Å². The topological polar surface area (TPSA) is 26.3 Å². The van der Waals surface area contributed by atoms with E-state index in [1.165, 1.54) is 6.07 Å². The van der Waals surface area contributed by atoms with Gasteiger partial charge in [0.05, 0.1) is 0 Å². The number of carbonyl (C=O) groups excluding carboxylic acids is 1. The Morgan fingerprint density at radius 1 is 1.50 bits per heavy atom. The molecule has 0 amide bonds. The third-order valence-electron chi connectivity index (χ3n) is 1.94. The van der Waals surface area contributed by atoms with Crippen LogP contribution in [-0.2, 0) is 4.79 Å². The number of ketones is 1. The minimum Gasteiger partial charge on any atom is -0.483 e. The van der Waals surface area contributed by atoms with E-state index in [-0.39, 0.29) is 18.1 Å². The van der Waals surface area contributed by atoms with Gasteiger partial charge in [-0.3, -0.25) is 4.79 Å². The summed E-state index contributed by atoms with van der Waals surface area (Å²) >= 11 is 0. The summed E-state index contributed by atoms with van der Waals surface area (Å²) < 4.78 is 18.4. The van der Waals surface area contributed by atoms with Gasteiger partial charge in [-0.25, -0.2) is 4.39 Å². The van der Waals surface area contributed by atoms with E-state index in [4.69, 9.17) is 4.74 Å². The number of carbonyl (C=O) groups is 1. The fraction of sp³-hybridized carbons (Fsp3) is 0.364. The third-order valence-corrected chi connectivity index (χ3v) is 1.94. The molecule has 1 rings (SSSR count). The maximum Gasteiger partial charge on any atom is 0.169 e. The van der Waals surface area contributed by atoms with E-state index < -0.39 is 5.82 Å². The SMILES string of the molecule is CCC(=O)COc1cccc(C)c1F. The summed E-state index contributed by atoms with van der Waals surface area (Å²) in [4.78, 5) is 10.9. The summed E-state index contributed by atoms with van der Waals surface area (Å²) in [7, 11) is 0. The van der Waals surface area contributed by atoms with Gasteiger partial charge in [0.15, 0.2) is 17.3 Å². The maximum atomic E-state index is 13.3. The lowest BCUT2D eigenvalue weighted by Crippen LogP contribution is -2.10. The first kappa shape index (κ1) is 10.7. The number of benzene rings is 1. The highest BCUT2D eigenvalue weighted by Crippen LogP contribution is 2.19. The van der Waals surface area contributed by atoms with Crippen LogP contribution in [0.5, 0.6) is 5.75 Å². The first-order valence-electron chi connectivity index (χ1n) is 4.54. The summed E-state index contributed by atoms with van der Waals surface area (Å²) in [6.07, 6.45) is 0.410. The standard InChI is InChI=1S/C11H13FO2/c1-3-9(13)7-14-10-6-4-5-8(2)11(10)12/h4-6H,3,7H2,1-2H3. The molecule has 0 saturated heterocycles. The van der Waals surface area contributed by atoms with Crippen molar-refractivity contribution >= 4 is 5.78 Å². The number of ether oxygens (including phenoxy) is 1. The number of Topliss-reactive ketones (excluding diaryl/α,β-unsaturated/α-hetero) is 1. The first-order chi connectivity index (χ1) is 6.65. The van der Waals surface area contributed by atoms with Crippen molar-refractivity contribution in [1.29, 1.82) is 0 Å². The Balaban J connectivity index is 2.68. The molecule has 1 aromatic rings. The fourth-order valence-corrected chi connectivity index (χ4v) is 0.992. The molecule has 2 nitrogen and oxygen atoms in total. The van der Waals surface area contributed by atoms with Crippen molar-refractivity contribution < 1.29 is 13.9 Å². The van der Waals surface area contributed by atoms with Crippen LogP contribution in [0, 0.1) is 12.7 Å². The summed E-state index contributed by atoms with van der Waals surface area (Å²) in [6.45, 7) is 3.35. The molecule has 0 heterocycles. The lowest BCUT2D eigenvalue weighted by Gasteiger charge is -2.06. The van der Waals surface area contributed by atoms with Crippen LogP contribution in [0.1, 0.15) is 18.9 Å². The van der Waals surface area contributed by atoms with Crippen LogP contribution in [0.4, 0.5) is 4.39 Å². The summed E-state index contributed by atoms with van der Waals surface area (Å²) in [5.74, 6) is -0.283. The van der Waals surface area contributed by atoms with Gasteiger partial charge in [0.2, 0.25) is 0 Å². The maximum absolute atomic E-state index is 13.3. The Bertz CT molecular complexity index is 334. The Hall–Kier alpha value is -1.38. The number of halogens is 1. The molecule has 0 atom stereocenters. The molecule has 0 unspecified atom stereocenters. The van der Waals surface area contributed by atoms with Crippen LogP contribution < -0.4 is 4.74 Å². The predicted octanol–water partition coefficient (Wildman–Crippen LogP) is 2.49. The molecule has 0 aliphatic heterocycles. The first-order valence-corrected chi connectivity index (χ1v) is 4.54. The zero-order chi connectivity index (χ0) is 10.6. The molecule has 0 aliphatic carbocycles. The largest absolute Gasteiger partial charge is 0.483 e. The van der Waals surface area contributed by atoms with Crippen molar-refractivity contribution in [2.24, 2.45) is 0 Å². The van der Waals surface area contributed by atoms with Gasteiger partial charge >= 0.3 is 0 Å². The van der Waals surface area contributed by atoms with Crippen LogP contribution >= 0.6 is 0 Å². The van der Waals surface area contributed by atoms with Gasteiger partial charge in [0.25, 0.3) is 0 Å². The Kier molecular flexibility index (Phi) is 3.63. The normalized spacial score (nSPS) is 9.93. The number of hydrogen-bond acceptors (Lipinski definition) is 2. The fourth-order valence-electron chi connectivity index (χ4n) is 0.992. The minimum atomic E-state index is -0.392. The average molecular weight is 196 g/mol. The molecule has 0 N–H and O–H groups in total. The molecule has 0 bridgehead atoms. The average Bonchev–Trinajstić information content (AvgIpc) is 2.20. The number of hydrogen-bond donors (Lipinski definition) is 0. The second kappa shape index (κ2) is 4.74. The molecule has 3 heteroatoms. The summed E-state index contributed by atoms with van der Waals surface area (Å²) in [5.41, 5.74) is 0.520. The third kappa shape index (κ3) is 2.55. The highest BCUT2D eigenvalue weighted by Gasteiger charge is 2.07. The molecule has 76 valence electrons. The van der Waals surface area contributed by atoms with Gasteiger partial charge in [0.1, 0.15) is 6.61 Å². The smallest absolute Gasteiger partial charge is 0.169 e. The van der Waals surface area contributed by atoms with Gasteiger partial charge in [-0.05, 0) is 18.6 Å². The van der Waals surface area contributed by atoms with E-state index in [0.717, 1.165) is 0 Å². The molecule has 0 radical (unpaired) electrons. The van der Waals surface area contributed by atoms with Gasteiger partial charge in [-0.15, -0.1) is 0 Å². The second-order valence-corrected chi connectivity index (χ2v) is 3.07. The lowest BCUT2D eigenvalue weighted by atomic mass is 10.2. The zero-order valence-corrected chi connectivity index (χ0v) is 8.34. The minimum absolute atomic E-state index is 0.0362. The van der Waals surface area contributed by atoms with Crippen molar-refractivity contribution in [3.05, 3.63) is 29.6 Å². The van der Waals surface area contributed by atoms with Crippen LogP contribution in [0.2, 0.25) is 0 Å². The predicted molar refractivity (Wildman–Crippen MR) is 51.9 cm³/mol. The molecule has 0 fully saturated rings. The Morgan fingerprint density at radius 3 is 2.86 bits per heavy atom. The molecular formula is C11H13FO2. The highest BCUT2D eigenvalue weighted by molar-refractivity contribution is 5.79. The van der Waals surface area contributed by atoms with E-state index in [9.17, 15) is 9.18 Å². The molecule has 0 aliphatic rings. The molecule has 0 spiro atoms. The highest BCUT2D eigenvalue weighted by atomic mass is 19.1. The molecule has 14 heavy (non-hydrogen) atoms.